The SMILES string of the molecule is CC(C(=O)On1ncc2c(NC(=O)OC(C)(C)C)cccc21)c1ccc(Cl)cc1. The van der Waals surface area contributed by atoms with Crippen molar-refractivity contribution in [1.29, 1.82) is 0 Å². The number of rotatable bonds is 4. The van der Waals surface area contributed by atoms with E-state index in [-0.39, 0.29) is 0 Å². The van der Waals surface area contributed by atoms with Gasteiger partial charge in [0, 0.05) is 10.4 Å². The van der Waals surface area contributed by atoms with E-state index in [0.717, 1.165) is 10.4 Å². The van der Waals surface area contributed by atoms with E-state index in [4.69, 9.17) is 21.2 Å². The summed E-state index contributed by atoms with van der Waals surface area (Å²) in [6, 6.07) is 12.2. The van der Waals surface area contributed by atoms with Gasteiger partial charge in [0.05, 0.1) is 17.8 Å². The largest absolute Gasteiger partial charge is 0.444 e. The zero-order chi connectivity index (χ0) is 21.2. The lowest BCUT2D eigenvalue weighted by Crippen LogP contribution is -2.27. The fourth-order valence-corrected chi connectivity index (χ4v) is 2.80. The molecule has 8 heteroatoms. The highest BCUT2D eigenvalue weighted by Gasteiger charge is 2.21. The van der Waals surface area contributed by atoms with Gasteiger partial charge in [-0.15, -0.1) is 5.10 Å². The van der Waals surface area contributed by atoms with Crippen LogP contribution in [0.3, 0.4) is 0 Å². The smallest absolute Gasteiger partial charge is 0.412 e. The molecule has 1 aromatic heterocycles. The molecule has 0 aliphatic carbocycles. The number of aromatic nitrogens is 2. The molecule has 7 nitrogen and oxygen atoms in total. The number of carbonyl (C=O) groups excluding carboxylic acids is 2. The Labute approximate surface area is 173 Å². The minimum Gasteiger partial charge on any atom is -0.444 e. The topological polar surface area (TPSA) is 82.5 Å². The van der Waals surface area contributed by atoms with Gasteiger partial charge in [0.15, 0.2) is 0 Å². The Morgan fingerprint density at radius 1 is 1.14 bits per heavy atom. The Balaban J connectivity index is 1.78. The van der Waals surface area contributed by atoms with Crippen LogP contribution in [-0.4, -0.2) is 27.6 Å². The summed E-state index contributed by atoms with van der Waals surface area (Å²) in [5.74, 6) is -0.975. The second-order valence-electron chi connectivity index (χ2n) is 7.57. The Kier molecular flexibility index (Phi) is 5.79. The number of amides is 1. The molecule has 0 aliphatic rings. The van der Waals surface area contributed by atoms with Crippen molar-refractivity contribution in [2.45, 2.75) is 39.2 Å². The molecule has 0 aliphatic heterocycles. The summed E-state index contributed by atoms with van der Waals surface area (Å²) in [7, 11) is 0. The van der Waals surface area contributed by atoms with Gasteiger partial charge in [-0.25, -0.2) is 9.59 Å². The van der Waals surface area contributed by atoms with E-state index >= 15 is 0 Å². The van der Waals surface area contributed by atoms with Crippen LogP contribution in [0.2, 0.25) is 5.02 Å². The third-order valence-electron chi connectivity index (χ3n) is 4.12. The first-order chi connectivity index (χ1) is 13.6. The Bertz CT molecular complexity index is 1040. The highest BCUT2D eigenvalue weighted by molar-refractivity contribution is 6.30. The minimum absolute atomic E-state index is 0.470. The number of hydrogen-bond donors (Lipinski definition) is 1. The number of nitrogens with one attached hydrogen (secondary N) is 1. The van der Waals surface area contributed by atoms with E-state index in [1.807, 2.05) is 0 Å². The van der Waals surface area contributed by atoms with Crippen LogP contribution in [0.4, 0.5) is 10.5 Å². The van der Waals surface area contributed by atoms with Gasteiger partial charge in [-0.05, 0) is 57.5 Å². The first-order valence-electron chi connectivity index (χ1n) is 9.08. The van der Waals surface area contributed by atoms with Gasteiger partial charge < -0.3 is 9.57 Å². The van der Waals surface area contributed by atoms with Crippen LogP contribution in [0.25, 0.3) is 10.9 Å². The number of ether oxygens (including phenoxy) is 1. The second kappa shape index (κ2) is 8.13. The van der Waals surface area contributed by atoms with Crippen molar-refractivity contribution in [2.75, 3.05) is 5.32 Å². The summed E-state index contributed by atoms with van der Waals surface area (Å²) in [5.41, 5.74) is 1.21. The summed E-state index contributed by atoms with van der Waals surface area (Å²) in [6.45, 7) is 7.10. The van der Waals surface area contributed by atoms with Crippen LogP contribution in [0.1, 0.15) is 39.2 Å². The molecule has 0 bridgehead atoms. The lowest BCUT2D eigenvalue weighted by Gasteiger charge is -2.19. The van der Waals surface area contributed by atoms with E-state index < -0.39 is 23.6 Å². The molecule has 1 N–H and O–H groups in total. The second-order valence-corrected chi connectivity index (χ2v) is 8.00. The summed E-state index contributed by atoms with van der Waals surface area (Å²) in [6.07, 6.45) is 0.938. The lowest BCUT2D eigenvalue weighted by molar-refractivity contribution is -0.146. The molecule has 2 aromatic carbocycles. The van der Waals surface area contributed by atoms with Crippen LogP contribution in [-0.2, 0) is 9.53 Å². The zero-order valence-electron chi connectivity index (χ0n) is 16.6. The Morgan fingerprint density at radius 2 is 1.83 bits per heavy atom. The number of benzene rings is 2. The maximum Gasteiger partial charge on any atom is 0.412 e. The maximum absolute atomic E-state index is 12.6. The minimum atomic E-state index is -0.616. The van der Waals surface area contributed by atoms with Crippen LogP contribution < -0.4 is 10.2 Å². The van der Waals surface area contributed by atoms with E-state index in [0.29, 0.717) is 21.6 Å². The molecular formula is C21H22ClN3O4. The third-order valence-corrected chi connectivity index (χ3v) is 4.37. The fourth-order valence-electron chi connectivity index (χ4n) is 2.68. The number of fused-ring (bicyclic) bond motifs is 1. The number of anilines is 1. The van der Waals surface area contributed by atoms with Gasteiger partial charge in [0.1, 0.15) is 11.1 Å². The quantitative estimate of drug-likeness (QED) is 0.662. The number of halogens is 1. The molecule has 1 amide bonds. The van der Waals surface area contributed by atoms with E-state index in [1.54, 1.807) is 70.2 Å². The van der Waals surface area contributed by atoms with Crippen molar-refractivity contribution in [3.63, 3.8) is 0 Å². The normalized spacial score (nSPS) is 12.4. The molecule has 3 aromatic rings. The van der Waals surface area contributed by atoms with Gasteiger partial charge in [-0.3, -0.25) is 5.32 Å². The summed E-state index contributed by atoms with van der Waals surface area (Å²) in [4.78, 5) is 31.2. The average Bonchev–Trinajstić information content (AvgIpc) is 3.04. The molecule has 1 heterocycles. The molecule has 3 rings (SSSR count). The third kappa shape index (κ3) is 5.06. The highest BCUT2D eigenvalue weighted by Crippen LogP contribution is 2.24. The average molecular weight is 416 g/mol. The number of nitrogens with zero attached hydrogens (tertiary/aromatic N) is 2. The maximum atomic E-state index is 12.6. The monoisotopic (exact) mass is 415 g/mol. The molecule has 0 radical (unpaired) electrons. The van der Waals surface area contributed by atoms with Gasteiger partial charge >= 0.3 is 12.1 Å². The fraction of sp³-hybridized carbons (Fsp3) is 0.286. The summed E-state index contributed by atoms with van der Waals surface area (Å²) < 4.78 is 5.28. The molecule has 29 heavy (non-hydrogen) atoms. The summed E-state index contributed by atoms with van der Waals surface area (Å²) >= 11 is 5.89. The van der Waals surface area contributed by atoms with Gasteiger partial charge in [-0.1, -0.05) is 34.6 Å². The molecule has 0 spiro atoms. The zero-order valence-corrected chi connectivity index (χ0v) is 17.4. The van der Waals surface area contributed by atoms with Gasteiger partial charge in [0.25, 0.3) is 0 Å². The van der Waals surface area contributed by atoms with Crippen molar-refractivity contribution in [3.8, 4) is 0 Å². The van der Waals surface area contributed by atoms with Crippen molar-refractivity contribution in [3.05, 3.63) is 59.2 Å². The predicted molar refractivity (Wildman–Crippen MR) is 111 cm³/mol. The Hall–Kier alpha value is -3.06. The van der Waals surface area contributed by atoms with Gasteiger partial charge in [0.2, 0.25) is 0 Å². The highest BCUT2D eigenvalue weighted by atomic mass is 35.5. The van der Waals surface area contributed by atoms with E-state index in [1.165, 1.54) is 6.20 Å². The van der Waals surface area contributed by atoms with Crippen molar-refractivity contribution < 1.29 is 19.2 Å². The Morgan fingerprint density at radius 3 is 2.48 bits per heavy atom. The number of carbonyl (C=O) groups is 2. The molecule has 0 saturated carbocycles. The molecule has 1 atom stereocenters. The van der Waals surface area contributed by atoms with Crippen molar-refractivity contribution in [1.82, 2.24) is 9.94 Å². The molecule has 0 fully saturated rings. The predicted octanol–water partition coefficient (Wildman–Crippen LogP) is 4.80. The van der Waals surface area contributed by atoms with Crippen LogP contribution >= 0.6 is 11.6 Å². The standard InChI is InChI=1S/C21H22ClN3O4/c1-13(14-8-10-15(22)11-9-14)19(26)29-25-18-7-5-6-17(16(18)12-23-25)24-20(27)28-21(2,3)4/h5-13H,1-4H3,(H,24,27). The molecule has 1 unspecified atom stereocenters. The van der Waals surface area contributed by atoms with Crippen LogP contribution in [0.5, 0.6) is 0 Å². The molecule has 0 saturated heterocycles. The summed E-state index contributed by atoms with van der Waals surface area (Å²) in [5, 5.41) is 8.03. The first kappa shape index (κ1) is 20.7. The van der Waals surface area contributed by atoms with E-state index in [9.17, 15) is 9.59 Å². The van der Waals surface area contributed by atoms with Crippen molar-refractivity contribution in [2.24, 2.45) is 0 Å². The van der Waals surface area contributed by atoms with Crippen LogP contribution in [0, 0.1) is 0 Å². The van der Waals surface area contributed by atoms with E-state index in [2.05, 4.69) is 10.4 Å². The van der Waals surface area contributed by atoms with Crippen molar-refractivity contribution >= 4 is 40.3 Å². The molecular weight excluding hydrogens is 394 g/mol. The van der Waals surface area contributed by atoms with Gasteiger partial charge in [-0.2, -0.15) is 0 Å². The number of hydrogen-bond acceptors (Lipinski definition) is 5. The lowest BCUT2D eigenvalue weighted by atomic mass is 10.0. The molecule has 152 valence electrons. The van der Waals surface area contributed by atoms with Crippen LogP contribution in [0.15, 0.2) is 48.7 Å². The first-order valence-corrected chi connectivity index (χ1v) is 9.46.